The number of ether oxygens (including phenoxy) is 1. The lowest BCUT2D eigenvalue weighted by Crippen LogP contribution is -2.41. The molecule has 8 nitrogen and oxygen atoms in total. The molecule has 0 aromatic heterocycles. The predicted octanol–water partition coefficient (Wildman–Crippen LogP) is 0.651. The molecule has 2 unspecified atom stereocenters. The molecule has 1 aromatic rings. The molecule has 28 heavy (non-hydrogen) atoms. The number of carbonyl (C=O) groups excluding carboxylic acids is 1. The van der Waals surface area contributed by atoms with Gasteiger partial charge in [-0.05, 0) is 43.6 Å². The summed E-state index contributed by atoms with van der Waals surface area (Å²) in [6.45, 7) is 0.665. The predicted molar refractivity (Wildman–Crippen MR) is 97.8 cm³/mol. The van der Waals surface area contributed by atoms with E-state index in [1.165, 1.54) is 25.3 Å². The molecule has 2 heterocycles. The van der Waals surface area contributed by atoms with E-state index in [9.17, 15) is 18.3 Å². The van der Waals surface area contributed by atoms with E-state index in [0.29, 0.717) is 23.3 Å². The van der Waals surface area contributed by atoms with E-state index < -0.39 is 39.9 Å². The fraction of sp³-hybridized carbons (Fsp3) is 0.611. The second-order valence-corrected chi connectivity index (χ2v) is 9.71. The normalized spacial score (nSPS) is 32.5. The zero-order valence-electron chi connectivity index (χ0n) is 15.2. The first-order valence-corrected chi connectivity index (χ1v) is 11.0. The highest BCUT2D eigenvalue weighted by Crippen LogP contribution is 2.57. The van der Waals surface area contributed by atoms with Crippen LogP contribution < -0.4 is 19.1 Å². The standard InChI is InChI=1S/C18H22FN3O5S/c19-17-12-4-9(20-6-13-10-2-1-3-11(10)13)8-27-15(12)5-14(23)18(17)22-7-16(24)21-28(22,25)26/h5,9-11,13,20,23H,1-4,6-8H2,(H,21,24)/t9-,10?,11?,13?/m0/s1. The summed E-state index contributed by atoms with van der Waals surface area (Å²) in [5, 5.41) is 13.6. The number of benzene rings is 1. The highest BCUT2D eigenvalue weighted by Gasteiger charge is 2.52. The smallest absolute Gasteiger partial charge is 0.326 e. The topological polar surface area (TPSA) is 108 Å². The van der Waals surface area contributed by atoms with Crippen molar-refractivity contribution in [3.8, 4) is 11.5 Å². The minimum Gasteiger partial charge on any atom is -0.505 e. The molecule has 2 aliphatic carbocycles. The number of hydrogen-bond acceptors (Lipinski definition) is 6. The van der Waals surface area contributed by atoms with Crippen molar-refractivity contribution in [1.29, 1.82) is 0 Å². The summed E-state index contributed by atoms with van der Waals surface area (Å²) in [5.41, 5.74) is -0.305. The van der Waals surface area contributed by atoms with Gasteiger partial charge in [-0.15, -0.1) is 0 Å². The lowest BCUT2D eigenvalue weighted by molar-refractivity contribution is -0.117. The molecule has 4 aliphatic rings. The van der Waals surface area contributed by atoms with Gasteiger partial charge in [0.15, 0.2) is 5.82 Å². The van der Waals surface area contributed by atoms with Crippen LogP contribution in [0, 0.1) is 23.6 Å². The van der Waals surface area contributed by atoms with Crippen LogP contribution in [0.2, 0.25) is 0 Å². The fourth-order valence-corrected chi connectivity index (χ4v) is 6.21. The van der Waals surface area contributed by atoms with Crippen molar-refractivity contribution < 1.29 is 27.4 Å². The first kappa shape index (κ1) is 18.0. The molecule has 1 amide bonds. The van der Waals surface area contributed by atoms with E-state index in [1.54, 1.807) is 4.72 Å². The molecule has 10 heteroatoms. The molecular weight excluding hydrogens is 389 g/mol. The fourth-order valence-electron chi connectivity index (χ4n) is 5.05. The van der Waals surface area contributed by atoms with Gasteiger partial charge in [0.25, 0.3) is 5.91 Å². The quantitative estimate of drug-likeness (QED) is 0.672. The Morgan fingerprint density at radius 2 is 2.11 bits per heavy atom. The number of fused-ring (bicyclic) bond motifs is 2. The Labute approximate surface area is 162 Å². The van der Waals surface area contributed by atoms with Crippen LogP contribution in [0.5, 0.6) is 11.5 Å². The van der Waals surface area contributed by atoms with Gasteiger partial charge in [-0.1, -0.05) is 6.42 Å². The van der Waals surface area contributed by atoms with E-state index in [0.717, 1.165) is 18.4 Å². The molecule has 2 aliphatic heterocycles. The van der Waals surface area contributed by atoms with Crippen molar-refractivity contribution in [2.45, 2.75) is 31.7 Å². The second-order valence-electron chi connectivity index (χ2n) is 8.11. The maximum atomic E-state index is 15.2. The van der Waals surface area contributed by atoms with Gasteiger partial charge in [-0.25, -0.2) is 13.4 Å². The monoisotopic (exact) mass is 411 g/mol. The van der Waals surface area contributed by atoms with Crippen molar-refractivity contribution in [2.75, 3.05) is 24.0 Å². The molecule has 3 N–H and O–H groups in total. The number of phenols is 1. The minimum absolute atomic E-state index is 0.0874. The summed E-state index contributed by atoms with van der Waals surface area (Å²) >= 11 is 0. The lowest BCUT2D eigenvalue weighted by atomic mass is 10.00. The van der Waals surface area contributed by atoms with Gasteiger partial charge in [0.05, 0.1) is 0 Å². The summed E-state index contributed by atoms with van der Waals surface area (Å²) < 4.78 is 47.3. The minimum atomic E-state index is -4.22. The molecule has 3 fully saturated rings. The number of phenolic OH excluding ortho intramolecular Hbond substituents is 1. The Morgan fingerprint density at radius 3 is 2.79 bits per heavy atom. The van der Waals surface area contributed by atoms with Crippen LogP contribution in [0.1, 0.15) is 24.8 Å². The third-order valence-electron chi connectivity index (χ3n) is 6.47. The number of anilines is 1. The van der Waals surface area contributed by atoms with Crippen LogP contribution in [0.4, 0.5) is 10.1 Å². The Bertz CT molecular complexity index is 943. The van der Waals surface area contributed by atoms with Gasteiger partial charge in [0.1, 0.15) is 30.3 Å². The Morgan fingerprint density at radius 1 is 1.36 bits per heavy atom. The highest BCUT2D eigenvalue weighted by molar-refractivity contribution is 7.92. The summed E-state index contributed by atoms with van der Waals surface area (Å²) in [6.07, 6.45) is 4.25. The van der Waals surface area contributed by atoms with Crippen molar-refractivity contribution in [3.05, 3.63) is 17.4 Å². The van der Waals surface area contributed by atoms with E-state index in [1.807, 2.05) is 0 Å². The molecule has 0 spiro atoms. The van der Waals surface area contributed by atoms with Crippen LogP contribution >= 0.6 is 0 Å². The maximum Gasteiger partial charge on any atom is 0.326 e. The summed E-state index contributed by atoms with van der Waals surface area (Å²) in [7, 11) is -4.22. The van der Waals surface area contributed by atoms with Gasteiger partial charge in [0.2, 0.25) is 0 Å². The number of halogens is 1. The van der Waals surface area contributed by atoms with E-state index >= 15 is 4.39 Å². The molecule has 1 saturated heterocycles. The molecule has 0 radical (unpaired) electrons. The zero-order valence-corrected chi connectivity index (χ0v) is 16.0. The number of nitrogens with one attached hydrogen (secondary N) is 2. The first-order valence-electron chi connectivity index (χ1n) is 9.59. The van der Waals surface area contributed by atoms with Crippen LogP contribution in [0.15, 0.2) is 6.07 Å². The molecule has 1 aromatic carbocycles. The van der Waals surface area contributed by atoms with Crippen LogP contribution in [0.3, 0.4) is 0 Å². The Kier molecular flexibility index (Phi) is 3.99. The Balaban J connectivity index is 1.36. The summed E-state index contributed by atoms with van der Waals surface area (Å²) in [5.74, 6) is 0.337. The van der Waals surface area contributed by atoms with Crippen molar-refractivity contribution in [2.24, 2.45) is 17.8 Å². The first-order chi connectivity index (χ1) is 13.3. The Hall–Kier alpha value is -2.07. The number of amides is 1. The maximum absolute atomic E-state index is 15.2. The average Bonchev–Trinajstić information content (AvgIpc) is 2.94. The van der Waals surface area contributed by atoms with Gasteiger partial charge >= 0.3 is 10.2 Å². The number of rotatable bonds is 4. The lowest BCUT2D eigenvalue weighted by Gasteiger charge is -2.29. The summed E-state index contributed by atoms with van der Waals surface area (Å²) in [6, 6.07) is 1.13. The SMILES string of the molecule is O=C1CN(c2c(O)cc3c(c2F)C[C@H](NCC2C4CCCC42)CO3)S(=O)(=O)N1. The third kappa shape index (κ3) is 2.81. The van der Waals surface area contributed by atoms with Crippen LogP contribution in [-0.2, 0) is 21.4 Å². The number of hydrogen-bond donors (Lipinski definition) is 3. The molecule has 5 rings (SSSR count). The average molecular weight is 411 g/mol. The van der Waals surface area contributed by atoms with Gasteiger partial charge < -0.3 is 15.2 Å². The van der Waals surface area contributed by atoms with Crippen LogP contribution in [0.25, 0.3) is 0 Å². The highest BCUT2D eigenvalue weighted by atomic mass is 32.2. The van der Waals surface area contributed by atoms with E-state index in [2.05, 4.69) is 5.32 Å². The zero-order chi connectivity index (χ0) is 19.6. The number of carbonyl (C=O) groups is 1. The van der Waals surface area contributed by atoms with Crippen LogP contribution in [-0.4, -0.2) is 45.2 Å². The van der Waals surface area contributed by atoms with Crippen molar-refractivity contribution >= 4 is 21.8 Å². The van der Waals surface area contributed by atoms with E-state index in [-0.39, 0.29) is 17.4 Å². The number of nitrogens with zero attached hydrogens (tertiary/aromatic N) is 1. The summed E-state index contributed by atoms with van der Waals surface area (Å²) in [4.78, 5) is 11.5. The second kappa shape index (κ2) is 6.21. The largest absolute Gasteiger partial charge is 0.505 e. The molecule has 152 valence electrons. The molecular formula is C18H22FN3O5S. The third-order valence-corrected chi connectivity index (χ3v) is 7.84. The van der Waals surface area contributed by atoms with Gasteiger partial charge in [-0.3, -0.25) is 4.79 Å². The molecule has 0 bridgehead atoms. The van der Waals surface area contributed by atoms with E-state index in [4.69, 9.17) is 4.74 Å². The molecule has 2 saturated carbocycles. The van der Waals surface area contributed by atoms with Crippen molar-refractivity contribution in [3.63, 3.8) is 0 Å². The van der Waals surface area contributed by atoms with Gasteiger partial charge in [-0.2, -0.15) is 8.42 Å². The molecule has 3 atom stereocenters. The number of aromatic hydroxyl groups is 1. The van der Waals surface area contributed by atoms with Gasteiger partial charge in [0, 0.05) is 17.7 Å². The van der Waals surface area contributed by atoms with Crippen molar-refractivity contribution in [1.82, 2.24) is 10.0 Å².